The van der Waals surface area contributed by atoms with Crippen molar-refractivity contribution in [3.63, 3.8) is 0 Å². The molecular formula is C28H36N2O5. The average Bonchev–Trinajstić information content (AvgIpc) is 3.17. The number of unbranched alkanes of at least 4 members (excludes halogenated alkanes) is 1. The van der Waals surface area contributed by atoms with Crippen LogP contribution in [0.4, 0.5) is 4.79 Å². The normalized spacial score (nSPS) is 13.9. The number of alkyl carbamates (subject to hydrolysis) is 1. The number of amides is 2. The number of nitrogens with one attached hydrogen (secondary N) is 2. The van der Waals surface area contributed by atoms with Gasteiger partial charge in [-0.3, -0.25) is 9.59 Å². The van der Waals surface area contributed by atoms with Crippen molar-refractivity contribution in [1.29, 1.82) is 0 Å². The van der Waals surface area contributed by atoms with Crippen molar-refractivity contribution in [2.75, 3.05) is 6.61 Å². The van der Waals surface area contributed by atoms with Crippen molar-refractivity contribution < 1.29 is 24.2 Å². The minimum Gasteiger partial charge on any atom is -0.481 e. The fourth-order valence-electron chi connectivity index (χ4n) is 4.68. The number of carbonyl (C=O) groups is 3. The Morgan fingerprint density at radius 3 is 2.11 bits per heavy atom. The van der Waals surface area contributed by atoms with Crippen molar-refractivity contribution in [3.8, 4) is 11.1 Å². The predicted octanol–water partition coefficient (Wildman–Crippen LogP) is 5.23. The third-order valence-corrected chi connectivity index (χ3v) is 6.57. The van der Waals surface area contributed by atoms with Gasteiger partial charge in [0.1, 0.15) is 6.61 Å². The molecule has 0 radical (unpaired) electrons. The Hall–Kier alpha value is -3.35. The Kier molecular flexibility index (Phi) is 9.70. The van der Waals surface area contributed by atoms with E-state index in [1.165, 1.54) is 11.1 Å². The van der Waals surface area contributed by atoms with E-state index in [0.717, 1.165) is 24.0 Å². The maximum atomic E-state index is 12.6. The second-order valence-electron chi connectivity index (χ2n) is 9.12. The van der Waals surface area contributed by atoms with E-state index in [-0.39, 0.29) is 43.4 Å². The molecule has 0 bridgehead atoms. The molecule has 2 atom stereocenters. The van der Waals surface area contributed by atoms with Gasteiger partial charge in [-0.05, 0) is 41.5 Å². The van der Waals surface area contributed by atoms with E-state index >= 15 is 0 Å². The molecule has 2 aromatic carbocycles. The molecule has 1 aliphatic rings. The number of ether oxygens (including phenoxy) is 1. The number of hydrogen-bond acceptors (Lipinski definition) is 4. The predicted molar refractivity (Wildman–Crippen MR) is 135 cm³/mol. The quantitative estimate of drug-likeness (QED) is 0.364. The number of fused-ring (bicyclic) bond motifs is 3. The van der Waals surface area contributed by atoms with Crippen LogP contribution in [0.15, 0.2) is 48.5 Å². The molecule has 3 rings (SSSR count). The van der Waals surface area contributed by atoms with Gasteiger partial charge in [-0.25, -0.2) is 4.79 Å². The van der Waals surface area contributed by atoms with E-state index in [9.17, 15) is 14.4 Å². The molecule has 0 spiro atoms. The first-order chi connectivity index (χ1) is 16.9. The van der Waals surface area contributed by atoms with E-state index in [0.29, 0.717) is 19.3 Å². The van der Waals surface area contributed by atoms with E-state index in [1.54, 1.807) is 0 Å². The van der Waals surface area contributed by atoms with Crippen LogP contribution in [0.5, 0.6) is 0 Å². The van der Waals surface area contributed by atoms with Crippen LogP contribution in [0.25, 0.3) is 11.1 Å². The fourth-order valence-corrected chi connectivity index (χ4v) is 4.68. The van der Waals surface area contributed by atoms with E-state index in [4.69, 9.17) is 9.84 Å². The van der Waals surface area contributed by atoms with Gasteiger partial charge in [0.05, 0.1) is 6.42 Å². The molecule has 0 heterocycles. The van der Waals surface area contributed by atoms with Crippen molar-refractivity contribution >= 4 is 18.0 Å². The van der Waals surface area contributed by atoms with E-state index in [2.05, 4.69) is 34.9 Å². The Morgan fingerprint density at radius 1 is 0.914 bits per heavy atom. The molecule has 0 fully saturated rings. The largest absolute Gasteiger partial charge is 0.481 e. The highest BCUT2D eigenvalue weighted by molar-refractivity contribution is 5.79. The zero-order valence-corrected chi connectivity index (χ0v) is 20.6. The standard InChI is InChI=1S/C28H36N2O5/c1-3-5-10-20(17-27(32)33)29-26(31)16-15-19(4-2)30-28(34)35-18-25-23-13-8-6-11-21(23)22-12-7-9-14-24(22)25/h6-9,11-14,19-20,25H,3-5,10,15-18H2,1-2H3,(H,29,31)(H,30,34)(H,32,33)/t19?,20-/m1/s1. The second kappa shape index (κ2) is 12.9. The van der Waals surface area contributed by atoms with Crippen LogP contribution in [0.2, 0.25) is 0 Å². The number of benzene rings is 2. The minimum atomic E-state index is -0.922. The molecule has 2 amide bonds. The molecule has 7 heteroatoms. The van der Waals surface area contributed by atoms with Crippen molar-refractivity contribution in [2.45, 2.75) is 76.8 Å². The highest BCUT2D eigenvalue weighted by Crippen LogP contribution is 2.44. The Labute approximate surface area is 207 Å². The Morgan fingerprint density at radius 2 is 1.54 bits per heavy atom. The highest BCUT2D eigenvalue weighted by Gasteiger charge is 2.29. The van der Waals surface area contributed by atoms with Crippen LogP contribution >= 0.6 is 0 Å². The van der Waals surface area contributed by atoms with Crippen LogP contribution in [0.3, 0.4) is 0 Å². The first-order valence-electron chi connectivity index (χ1n) is 12.6. The van der Waals surface area contributed by atoms with Gasteiger partial charge in [-0.2, -0.15) is 0 Å². The number of carboxylic acid groups (broad SMARTS) is 1. The van der Waals surface area contributed by atoms with Gasteiger partial charge in [-0.15, -0.1) is 0 Å². The van der Waals surface area contributed by atoms with Crippen LogP contribution < -0.4 is 10.6 Å². The molecule has 35 heavy (non-hydrogen) atoms. The first-order valence-corrected chi connectivity index (χ1v) is 12.6. The lowest BCUT2D eigenvalue weighted by Crippen LogP contribution is -2.39. The third kappa shape index (κ3) is 7.31. The molecule has 188 valence electrons. The highest BCUT2D eigenvalue weighted by atomic mass is 16.5. The Bertz CT molecular complexity index is 976. The summed E-state index contributed by atoms with van der Waals surface area (Å²) in [4.78, 5) is 36.0. The van der Waals surface area contributed by atoms with Crippen molar-refractivity contribution in [3.05, 3.63) is 59.7 Å². The Balaban J connectivity index is 1.48. The van der Waals surface area contributed by atoms with E-state index in [1.807, 2.05) is 38.1 Å². The lowest BCUT2D eigenvalue weighted by atomic mass is 9.98. The maximum absolute atomic E-state index is 12.6. The number of rotatable bonds is 13. The van der Waals surface area contributed by atoms with Crippen LogP contribution in [-0.4, -0.2) is 41.8 Å². The number of carboxylic acids is 1. The zero-order chi connectivity index (χ0) is 25.2. The van der Waals surface area contributed by atoms with Crippen LogP contribution in [0.1, 0.15) is 75.8 Å². The minimum absolute atomic E-state index is 0.00621. The summed E-state index contributed by atoms with van der Waals surface area (Å²) in [6.45, 7) is 4.21. The molecule has 0 aromatic heterocycles. The summed E-state index contributed by atoms with van der Waals surface area (Å²) in [7, 11) is 0. The molecule has 0 saturated heterocycles. The maximum Gasteiger partial charge on any atom is 0.407 e. The first kappa shape index (κ1) is 26.3. The molecule has 0 aliphatic heterocycles. The summed E-state index contributed by atoms with van der Waals surface area (Å²) < 4.78 is 5.62. The van der Waals surface area contributed by atoms with Gasteiger partial charge >= 0.3 is 12.1 Å². The van der Waals surface area contributed by atoms with Gasteiger partial charge < -0.3 is 20.5 Å². The number of aliphatic carboxylic acids is 1. The fraction of sp³-hybridized carbons (Fsp3) is 0.464. The zero-order valence-electron chi connectivity index (χ0n) is 20.6. The van der Waals surface area contributed by atoms with Gasteiger partial charge in [-0.1, -0.05) is 75.2 Å². The van der Waals surface area contributed by atoms with Crippen LogP contribution in [0, 0.1) is 0 Å². The summed E-state index contributed by atoms with van der Waals surface area (Å²) in [5, 5.41) is 14.8. The average molecular weight is 481 g/mol. The third-order valence-electron chi connectivity index (χ3n) is 6.57. The smallest absolute Gasteiger partial charge is 0.407 e. The van der Waals surface area contributed by atoms with Gasteiger partial charge in [0.25, 0.3) is 0 Å². The molecular weight excluding hydrogens is 444 g/mol. The van der Waals surface area contributed by atoms with Gasteiger partial charge in [0.2, 0.25) is 5.91 Å². The molecule has 2 aromatic rings. The molecule has 1 aliphatic carbocycles. The SMILES string of the molecule is CCCC[C@H](CC(=O)O)NC(=O)CCC(CC)NC(=O)OCC1c2ccccc2-c2ccccc21. The number of carbonyl (C=O) groups excluding carboxylic acids is 2. The van der Waals surface area contributed by atoms with Crippen LogP contribution in [-0.2, 0) is 14.3 Å². The van der Waals surface area contributed by atoms with Gasteiger partial charge in [0.15, 0.2) is 0 Å². The van der Waals surface area contributed by atoms with Crippen molar-refractivity contribution in [2.24, 2.45) is 0 Å². The molecule has 1 unspecified atom stereocenters. The summed E-state index contributed by atoms with van der Waals surface area (Å²) in [5.74, 6) is -1.12. The molecule has 3 N–H and O–H groups in total. The monoisotopic (exact) mass is 480 g/mol. The summed E-state index contributed by atoms with van der Waals surface area (Å²) in [6.07, 6.45) is 3.19. The summed E-state index contributed by atoms with van der Waals surface area (Å²) in [5.41, 5.74) is 4.66. The second-order valence-corrected chi connectivity index (χ2v) is 9.12. The number of hydrogen-bond donors (Lipinski definition) is 3. The molecule has 0 saturated carbocycles. The van der Waals surface area contributed by atoms with E-state index < -0.39 is 12.1 Å². The van der Waals surface area contributed by atoms with Gasteiger partial charge in [0, 0.05) is 24.4 Å². The van der Waals surface area contributed by atoms with Crippen molar-refractivity contribution in [1.82, 2.24) is 10.6 Å². The molecule has 7 nitrogen and oxygen atoms in total. The lowest BCUT2D eigenvalue weighted by molar-refractivity contribution is -0.137. The lowest BCUT2D eigenvalue weighted by Gasteiger charge is -2.20. The summed E-state index contributed by atoms with van der Waals surface area (Å²) in [6, 6.07) is 15.8. The topological polar surface area (TPSA) is 105 Å². The summed E-state index contributed by atoms with van der Waals surface area (Å²) >= 11 is 0.